The summed E-state index contributed by atoms with van der Waals surface area (Å²) in [5.41, 5.74) is 0. The van der Waals surface area contributed by atoms with Gasteiger partial charge in [0.15, 0.2) is 0 Å². The maximum absolute atomic E-state index is 9.09. The summed E-state index contributed by atoms with van der Waals surface area (Å²) >= 11 is 0. The van der Waals surface area contributed by atoms with E-state index < -0.39 is 0 Å². The van der Waals surface area contributed by atoms with E-state index in [4.69, 9.17) is 9.52 Å². The normalized spacial score (nSPS) is 12.6. The SMILES string of the molecule is CCCCN(CCO)c1nnc(C(C)NCCC)o1. The zero-order chi connectivity index (χ0) is 14.1. The van der Waals surface area contributed by atoms with Crippen molar-refractivity contribution in [3.05, 3.63) is 5.89 Å². The number of nitrogens with zero attached hydrogens (tertiary/aromatic N) is 3. The molecule has 0 aromatic carbocycles. The molecule has 0 saturated carbocycles. The minimum absolute atomic E-state index is 0.0587. The highest BCUT2D eigenvalue weighted by molar-refractivity contribution is 5.23. The topological polar surface area (TPSA) is 74.4 Å². The summed E-state index contributed by atoms with van der Waals surface area (Å²) < 4.78 is 5.68. The Kier molecular flexibility index (Phi) is 7.43. The third-order valence-electron chi connectivity index (χ3n) is 2.92. The van der Waals surface area contributed by atoms with Crippen LogP contribution < -0.4 is 10.2 Å². The van der Waals surface area contributed by atoms with Gasteiger partial charge in [-0.1, -0.05) is 25.4 Å². The van der Waals surface area contributed by atoms with Crippen LogP contribution in [0, 0.1) is 0 Å². The summed E-state index contributed by atoms with van der Waals surface area (Å²) in [4.78, 5) is 1.94. The van der Waals surface area contributed by atoms with E-state index in [0.717, 1.165) is 32.4 Å². The number of anilines is 1. The van der Waals surface area contributed by atoms with E-state index in [1.807, 2.05) is 11.8 Å². The number of aromatic nitrogens is 2. The average molecular weight is 270 g/mol. The Morgan fingerprint density at radius 1 is 1.26 bits per heavy atom. The molecule has 1 aromatic heterocycles. The largest absolute Gasteiger partial charge is 0.406 e. The standard InChI is InChI=1S/C13H26N4O2/c1-4-6-8-17(9-10-18)13-16-15-12(19-13)11(3)14-7-5-2/h11,14,18H,4-10H2,1-3H3. The Morgan fingerprint density at radius 2 is 2.05 bits per heavy atom. The van der Waals surface area contributed by atoms with Gasteiger partial charge >= 0.3 is 6.01 Å². The molecule has 0 aliphatic rings. The van der Waals surface area contributed by atoms with Crippen molar-refractivity contribution in [2.75, 3.05) is 31.1 Å². The van der Waals surface area contributed by atoms with Crippen LogP contribution in [0.4, 0.5) is 6.01 Å². The third kappa shape index (κ3) is 5.16. The Morgan fingerprint density at radius 3 is 2.68 bits per heavy atom. The molecular formula is C13H26N4O2. The van der Waals surface area contributed by atoms with E-state index in [1.165, 1.54) is 0 Å². The average Bonchev–Trinajstić information content (AvgIpc) is 2.90. The lowest BCUT2D eigenvalue weighted by atomic mass is 10.3. The van der Waals surface area contributed by atoms with Gasteiger partial charge in [0.05, 0.1) is 12.6 Å². The van der Waals surface area contributed by atoms with E-state index in [-0.39, 0.29) is 12.6 Å². The van der Waals surface area contributed by atoms with Crippen LogP contribution in [0.25, 0.3) is 0 Å². The Hall–Kier alpha value is -1.14. The van der Waals surface area contributed by atoms with Crippen molar-refractivity contribution in [1.82, 2.24) is 15.5 Å². The predicted molar refractivity (Wildman–Crippen MR) is 75.2 cm³/mol. The minimum atomic E-state index is 0.0587. The number of hydrogen-bond donors (Lipinski definition) is 2. The lowest BCUT2D eigenvalue weighted by Crippen LogP contribution is -2.28. The number of hydrogen-bond acceptors (Lipinski definition) is 6. The fraction of sp³-hybridized carbons (Fsp3) is 0.846. The highest BCUT2D eigenvalue weighted by Gasteiger charge is 2.17. The van der Waals surface area contributed by atoms with Crippen molar-refractivity contribution in [2.45, 2.75) is 46.1 Å². The van der Waals surface area contributed by atoms with Crippen molar-refractivity contribution in [1.29, 1.82) is 0 Å². The van der Waals surface area contributed by atoms with Crippen molar-refractivity contribution >= 4 is 6.01 Å². The van der Waals surface area contributed by atoms with Crippen LogP contribution in [0.5, 0.6) is 0 Å². The minimum Gasteiger partial charge on any atom is -0.406 e. The van der Waals surface area contributed by atoms with E-state index >= 15 is 0 Å². The van der Waals surface area contributed by atoms with E-state index in [2.05, 4.69) is 29.4 Å². The lowest BCUT2D eigenvalue weighted by molar-refractivity contribution is 0.297. The zero-order valence-electron chi connectivity index (χ0n) is 12.2. The van der Waals surface area contributed by atoms with E-state index in [9.17, 15) is 0 Å². The maximum Gasteiger partial charge on any atom is 0.318 e. The Balaban J connectivity index is 2.63. The second-order valence-electron chi connectivity index (χ2n) is 4.66. The molecular weight excluding hydrogens is 244 g/mol. The number of rotatable bonds is 10. The molecule has 1 rings (SSSR count). The van der Waals surface area contributed by atoms with Gasteiger partial charge in [-0.25, -0.2) is 0 Å². The second-order valence-corrected chi connectivity index (χ2v) is 4.66. The van der Waals surface area contributed by atoms with Gasteiger partial charge in [-0.15, -0.1) is 5.10 Å². The van der Waals surface area contributed by atoms with Gasteiger partial charge in [-0.05, 0) is 26.3 Å². The highest BCUT2D eigenvalue weighted by atomic mass is 16.4. The van der Waals surface area contributed by atoms with Gasteiger partial charge in [0.1, 0.15) is 0 Å². The molecule has 1 heterocycles. The van der Waals surface area contributed by atoms with Crippen LogP contribution in [0.3, 0.4) is 0 Å². The summed E-state index contributed by atoms with van der Waals surface area (Å²) in [5.74, 6) is 0.600. The summed E-state index contributed by atoms with van der Waals surface area (Å²) in [5, 5.41) is 20.6. The number of aliphatic hydroxyl groups is 1. The molecule has 19 heavy (non-hydrogen) atoms. The number of aliphatic hydroxyl groups excluding tert-OH is 1. The summed E-state index contributed by atoms with van der Waals surface area (Å²) in [6, 6.07) is 0.561. The smallest absolute Gasteiger partial charge is 0.318 e. The third-order valence-corrected chi connectivity index (χ3v) is 2.92. The molecule has 0 saturated heterocycles. The fourth-order valence-corrected chi connectivity index (χ4v) is 1.75. The van der Waals surface area contributed by atoms with Crippen molar-refractivity contribution < 1.29 is 9.52 Å². The van der Waals surface area contributed by atoms with E-state index in [0.29, 0.717) is 18.5 Å². The first-order valence-corrected chi connectivity index (χ1v) is 7.15. The van der Waals surface area contributed by atoms with Crippen molar-refractivity contribution in [3.63, 3.8) is 0 Å². The monoisotopic (exact) mass is 270 g/mol. The highest BCUT2D eigenvalue weighted by Crippen LogP contribution is 2.17. The second kappa shape index (κ2) is 8.87. The Labute approximate surface area is 115 Å². The first-order valence-electron chi connectivity index (χ1n) is 7.15. The van der Waals surface area contributed by atoms with Gasteiger partial charge < -0.3 is 19.7 Å². The van der Waals surface area contributed by atoms with Crippen LogP contribution >= 0.6 is 0 Å². The predicted octanol–water partition coefficient (Wildman–Crippen LogP) is 1.73. The van der Waals surface area contributed by atoms with Crippen LogP contribution in [-0.4, -0.2) is 41.5 Å². The Bertz CT molecular complexity index is 343. The summed E-state index contributed by atoms with van der Waals surface area (Å²) in [6.07, 6.45) is 3.21. The molecule has 0 aliphatic heterocycles. The molecule has 2 N–H and O–H groups in total. The zero-order valence-corrected chi connectivity index (χ0v) is 12.2. The van der Waals surface area contributed by atoms with Crippen LogP contribution in [0.2, 0.25) is 0 Å². The van der Waals surface area contributed by atoms with Crippen LogP contribution in [0.1, 0.15) is 52.0 Å². The number of unbranched alkanes of at least 4 members (excludes halogenated alkanes) is 1. The van der Waals surface area contributed by atoms with Gasteiger partial charge in [0.25, 0.3) is 0 Å². The summed E-state index contributed by atoms with van der Waals surface area (Å²) in [6.45, 7) is 8.63. The molecule has 110 valence electrons. The molecule has 1 aromatic rings. The molecule has 1 atom stereocenters. The molecule has 0 amide bonds. The quantitative estimate of drug-likeness (QED) is 0.674. The molecule has 0 bridgehead atoms. The number of nitrogens with one attached hydrogen (secondary N) is 1. The molecule has 0 aliphatic carbocycles. The first-order chi connectivity index (χ1) is 9.22. The van der Waals surface area contributed by atoms with Crippen LogP contribution in [0.15, 0.2) is 4.42 Å². The van der Waals surface area contributed by atoms with Gasteiger partial charge in [0.2, 0.25) is 5.89 Å². The fourth-order valence-electron chi connectivity index (χ4n) is 1.75. The van der Waals surface area contributed by atoms with Crippen molar-refractivity contribution in [2.24, 2.45) is 0 Å². The molecule has 0 radical (unpaired) electrons. The lowest BCUT2D eigenvalue weighted by Gasteiger charge is -2.18. The van der Waals surface area contributed by atoms with Gasteiger partial charge in [-0.3, -0.25) is 0 Å². The first kappa shape index (κ1) is 15.9. The van der Waals surface area contributed by atoms with Crippen LogP contribution in [-0.2, 0) is 0 Å². The molecule has 0 spiro atoms. The molecule has 6 heteroatoms. The molecule has 1 unspecified atom stereocenters. The van der Waals surface area contributed by atoms with Gasteiger partial charge in [-0.2, -0.15) is 0 Å². The molecule has 6 nitrogen and oxygen atoms in total. The molecule has 0 fully saturated rings. The summed E-state index contributed by atoms with van der Waals surface area (Å²) in [7, 11) is 0. The van der Waals surface area contributed by atoms with Gasteiger partial charge in [0, 0.05) is 13.1 Å². The van der Waals surface area contributed by atoms with Crippen molar-refractivity contribution in [3.8, 4) is 0 Å². The van der Waals surface area contributed by atoms with E-state index in [1.54, 1.807) is 0 Å². The maximum atomic E-state index is 9.09.